The van der Waals surface area contributed by atoms with Crippen LogP contribution in [0.4, 0.5) is 16.2 Å². The molecule has 1 heterocycles. The number of nitrogens with zero attached hydrogens (tertiary/aromatic N) is 1. The number of carbonyl (C=O) groups excluding carboxylic acids is 1. The van der Waals surface area contributed by atoms with Crippen molar-refractivity contribution in [3.63, 3.8) is 0 Å². The highest BCUT2D eigenvalue weighted by Gasteiger charge is 2.11. The third kappa shape index (κ3) is 5.27. The Kier molecular flexibility index (Phi) is 5.87. The molecule has 2 N–H and O–H groups in total. The molecular formula is C16H25N3O2. The van der Waals surface area contributed by atoms with Crippen molar-refractivity contribution in [3.05, 3.63) is 24.3 Å². The smallest absolute Gasteiger partial charge is 0.319 e. The summed E-state index contributed by atoms with van der Waals surface area (Å²) in [7, 11) is 0. The van der Waals surface area contributed by atoms with Gasteiger partial charge in [-0.3, -0.25) is 0 Å². The minimum atomic E-state index is -0.144. The predicted molar refractivity (Wildman–Crippen MR) is 86.0 cm³/mol. The van der Waals surface area contributed by atoms with Gasteiger partial charge in [0.1, 0.15) is 0 Å². The Morgan fingerprint density at radius 1 is 1.33 bits per heavy atom. The summed E-state index contributed by atoms with van der Waals surface area (Å²) in [5.74, 6) is 0.593. The number of urea groups is 1. The molecule has 5 nitrogen and oxygen atoms in total. The van der Waals surface area contributed by atoms with E-state index in [4.69, 9.17) is 4.74 Å². The van der Waals surface area contributed by atoms with Gasteiger partial charge in [-0.05, 0) is 30.5 Å². The zero-order valence-electron chi connectivity index (χ0n) is 12.9. The lowest BCUT2D eigenvalue weighted by atomic mass is 10.1. The summed E-state index contributed by atoms with van der Waals surface area (Å²) in [6, 6.07) is 7.80. The maximum absolute atomic E-state index is 11.8. The Labute approximate surface area is 126 Å². The average Bonchev–Trinajstić information content (AvgIpc) is 2.48. The SMILES string of the molecule is CC(C)CCNC(=O)Nc1cccc(N2CCOCC2)c1. The number of rotatable bonds is 5. The quantitative estimate of drug-likeness (QED) is 0.877. The first-order valence-corrected chi connectivity index (χ1v) is 7.63. The van der Waals surface area contributed by atoms with Gasteiger partial charge >= 0.3 is 6.03 Å². The molecule has 1 aliphatic rings. The Morgan fingerprint density at radius 2 is 2.10 bits per heavy atom. The van der Waals surface area contributed by atoms with E-state index in [1.807, 2.05) is 18.2 Å². The van der Waals surface area contributed by atoms with Crippen LogP contribution in [0.5, 0.6) is 0 Å². The molecule has 0 spiro atoms. The monoisotopic (exact) mass is 291 g/mol. The van der Waals surface area contributed by atoms with Crippen molar-refractivity contribution in [2.45, 2.75) is 20.3 Å². The van der Waals surface area contributed by atoms with Gasteiger partial charge < -0.3 is 20.3 Å². The van der Waals surface area contributed by atoms with Gasteiger partial charge in [-0.15, -0.1) is 0 Å². The second-order valence-electron chi connectivity index (χ2n) is 5.71. The molecule has 1 aromatic carbocycles. The zero-order valence-corrected chi connectivity index (χ0v) is 12.9. The fraction of sp³-hybridized carbons (Fsp3) is 0.562. The Morgan fingerprint density at radius 3 is 2.81 bits per heavy atom. The molecule has 0 aromatic heterocycles. The van der Waals surface area contributed by atoms with Crippen LogP contribution in [0.1, 0.15) is 20.3 Å². The molecule has 5 heteroatoms. The molecule has 1 fully saturated rings. The van der Waals surface area contributed by atoms with E-state index in [-0.39, 0.29) is 6.03 Å². The van der Waals surface area contributed by atoms with Crippen LogP contribution in [0.3, 0.4) is 0 Å². The molecule has 1 saturated heterocycles. The molecule has 0 radical (unpaired) electrons. The highest BCUT2D eigenvalue weighted by Crippen LogP contribution is 2.20. The van der Waals surface area contributed by atoms with E-state index < -0.39 is 0 Å². The normalized spacial score (nSPS) is 15.1. The molecule has 1 aromatic rings. The largest absolute Gasteiger partial charge is 0.378 e. The number of nitrogens with one attached hydrogen (secondary N) is 2. The van der Waals surface area contributed by atoms with Gasteiger partial charge in [0.25, 0.3) is 0 Å². The number of benzene rings is 1. The molecule has 116 valence electrons. The molecule has 2 amide bonds. The maximum Gasteiger partial charge on any atom is 0.319 e. The van der Waals surface area contributed by atoms with Crippen LogP contribution in [-0.2, 0) is 4.74 Å². The van der Waals surface area contributed by atoms with Gasteiger partial charge in [0, 0.05) is 31.0 Å². The van der Waals surface area contributed by atoms with Crippen molar-refractivity contribution in [3.8, 4) is 0 Å². The van der Waals surface area contributed by atoms with Gasteiger partial charge in [0.15, 0.2) is 0 Å². The van der Waals surface area contributed by atoms with Gasteiger partial charge in [-0.2, -0.15) is 0 Å². The summed E-state index contributed by atoms with van der Waals surface area (Å²) in [6.07, 6.45) is 0.987. The summed E-state index contributed by atoms with van der Waals surface area (Å²) in [6.45, 7) is 8.29. The highest BCUT2D eigenvalue weighted by molar-refractivity contribution is 5.89. The first-order chi connectivity index (χ1) is 10.1. The van der Waals surface area contributed by atoms with Crippen LogP contribution in [0, 0.1) is 5.92 Å². The molecular weight excluding hydrogens is 266 g/mol. The van der Waals surface area contributed by atoms with E-state index in [0.717, 1.165) is 44.1 Å². The van der Waals surface area contributed by atoms with Gasteiger partial charge in [0.2, 0.25) is 0 Å². The lowest BCUT2D eigenvalue weighted by Gasteiger charge is -2.29. The summed E-state index contributed by atoms with van der Waals surface area (Å²) in [4.78, 5) is 14.1. The first kappa shape index (κ1) is 15.6. The van der Waals surface area contributed by atoms with E-state index in [9.17, 15) is 4.79 Å². The molecule has 21 heavy (non-hydrogen) atoms. The summed E-state index contributed by atoms with van der Waals surface area (Å²) in [5, 5.41) is 5.77. The summed E-state index contributed by atoms with van der Waals surface area (Å²) in [5.41, 5.74) is 1.94. The van der Waals surface area contributed by atoms with Gasteiger partial charge in [-0.1, -0.05) is 19.9 Å². The average molecular weight is 291 g/mol. The number of hydrogen-bond acceptors (Lipinski definition) is 3. The van der Waals surface area contributed by atoms with Crippen molar-refractivity contribution in [2.75, 3.05) is 43.1 Å². The lowest BCUT2D eigenvalue weighted by Crippen LogP contribution is -2.36. The zero-order chi connectivity index (χ0) is 15.1. The van der Waals surface area contributed by atoms with Crippen molar-refractivity contribution < 1.29 is 9.53 Å². The number of ether oxygens (including phenoxy) is 1. The minimum absolute atomic E-state index is 0.144. The number of carbonyl (C=O) groups is 1. The second kappa shape index (κ2) is 7.88. The van der Waals surface area contributed by atoms with E-state index in [0.29, 0.717) is 12.5 Å². The van der Waals surface area contributed by atoms with E-state index in [1.165, 1.54) is 0 Å². The minimum Gasteiger partial charge on any atom is -0.378 e. The molecule has 2 rings (SSSR count). The topological polar surface area (TPSA) is 53.6 Å². The van der Waals surface area contributed by atoms with Crippen LogP contribution in [0.2, 0.25) is 0 Å². The third-order valence-corrected chi connectivity index (χ3v) is 3.49. The molecule has 0 aliphatic carbocycles. The van der Waals surface area contributed by atoms with Gasteiger partial charge in [0.05, 0.1) is 13.2 Å². The third-order valence-electron chi connectivity index (χ3n) is 3.49. The number of amides is 2. The molecule has 1 aliphatic heterocycles. The van der Waals surface area contributed by atoms with Gasteiger partial charge in [-0.25, -0.2) is 4.79 Å². The van der Waals surface area contributed by atoms with Crippen LogP contribution in [0.15, 0.2) is 24.3 Å². The van der Waals surface area contributed by atoms with Crippen LogP contribution in [0.25, 0.3) is 0 Å². The fourth-order valence-electron chi connectivity index (χ4n) is 2.25. The molecule has 0 bridgehead atoms. The van der Waals surface area contributed by atoms with Crippen LogP contribution < -0.4 is 15.5 Å². The van der Waals surface area contributed by atoms with Crippen molar-refractivity contribution >= 4 is 17.4 Å². The Balaban J connectivity index is 1.86. The lowest BCUT2D eigenvalue weighted by molar-refractivity contribution is 0.122. The standard InChI is InChI=1S/C16H25N3O2/c1-13(2)6-7-17-16(20)18-14-4-3-5-15(12-14)19-8-10-21-11-9-19/h3-5,12-13H,6-11H2,1-2H3,(H2,17,18,20). The predicted octanol–water partition coefficient (Wildman–Crippen LogP) is 2.69. The van der Waals surface area contributed by atoms with Crippen LogP contribution in [-0.4, -0.2) is 38.9 Å². The fourth-order valence-corrected chi connectivity index (χ4v) is 2.25. The van der Waals surface area contributed by atoms with Crippen molar-refractivity contribution in [1.82, 2.24) is 5.32 Å². The second-order valence-corrected chi connectivity index (χ2v) is 5.71. The number of hydrogen-bond donors (Lipinski definition) is 2. The van der Waals surface area contributed by atoms with Crippen molar-refractivity contribution in [2.24, 2.45) is 5.92 Å². The summed E-state index contributed by atoms with van der Waals surface area (Å²) >= 11 is 0. The number of anilines is 2. The van der Waals surface area contributed by atoms with E-state index >= 15 is 0 Å². The van der Waals surface area contributed by atoms with Crippen LogP contribution >= 0.6 is 0 Å². The molecule has 0 unspecified atom stereocenters. The first-order valence-electron chi connectivity index (χ1n) is 7.63. The maximum atomic E-state index is 11.8. The van der Waals surface area contributed by atoms with E-state index in [2.05, 4.69) is 35.4 Å². The van der Waals surface area contributed by atoms with E-state index in [1.54, 1.807) is 0 Å². The molecule has 0 saturated carbocycles. The van der Waals surface area contributed by atoms with Crippen molar-refractivity contribution in [1.29, 1.82) is 0 Å². The highest BCUT2D eigenvalue weighted by atomic mass is 16.5. The Hall–Kier alpha value is -1.75. The Bertz CT molecular complexity index is 457. The number of morpholine rings is 1. The summed E-state index contributed by atoms with van der Waals surface area (Å²) < 4.78 is 5.36. The molecule has 0 atom stereocenters.